The highest BCUT2D eigenvalue weighted by Gasteiger charge is 2.47. The zero-order valence-electron chi connectivity index (χ0n) is 16.3. The van der Waals surface area contributed by atoms with Crippen molar-refractivity contribution in [1.82, 2.24) is 0 Å². The van der Waals surface area contributed by atoms with Crippen molar-refractivity contribution in [3.8, 4) is 0 Å². The Labute approximate surface area is 158 Å². The molecule has 0 bridgehead atoms. The fourth-order valence-corrected chi connectivity index (χ4v) is 6.10. The normalized spacial score (nSPS) is 33.4. The van der Waals surface area contributed by atoms with Crippen molar-refractivity contribution >= 4 is 5.97 Å². The van der Waals surface area contributed by atoms with E-state index in [0.717, 1.165) is 31.2 Å². The van der Waals surface area contributed by atoms with Crippen LogP contribution in [0.3, 0.4) is 0 Å². The smallest absolute Gasteiger partial charge is 0.316 e. The molecule has 3 atom stereocenters. The molecule has 26 heavy (non-hydrogen) atoms. The van der Waals surface area contributed by atoms with E-state index in [1.165, 1.54) is 49.7 Å². The van der Waals surface area contributed by atoms with Crippen molar-refractivity contribution in [2.24, 2.45) is 5.92 Å². The van der Waals surface area contributed by atoms with Gasteiger partial charge >= 0.3 is 5.97 Å². The van der Waals surface area contributed by atoms with Crippen LogP contribution in [0.1, 0.15) is 63.4 Å². The molecule has 3 nitrogen and oxygen atoms in total. The Morgan fingerprint density at radius 1 is 1.04 bits per heavy atom. The molecule has 2 heterocycles. The number of hydrogen-bond donors (Lipinski definition) is 0. The molecule has 2 aliphatic heterocycles. The number of esters is 1. The molecule has 0 spiro atoms. The topological polar surface area (TPSA) is 26.3 Å². The number of piperidine rings is 2. The number of carbonyl (C=O) groups is 1. The van der Waals surface area contributed by atoms with Gasteiger partial charge in [-0.05, 0) is 44.1 Å². The Morgan fingerprint density at radius 3 is 2.54 bits per heavy atom. The number of rotatable bonds is 4. The quantitative estimate of drug-likeness (QED) is 0.588. The summed E-state index contributed by atoms with van der Waals surface area (Å²) in [5, 5.41) is 0. The Morgan fingerprint density at radius 2 is 1.77 bits per heavy atom. The Balaban J connectivity index is 1.46. The minimum atomic E-state index is -0.388. The highest BCUT2D eigenvalue weighted by molar-refractivity contribution is 5.83. The second-order valence-electron chi connectivity index (χ2n) is 9.15. The second kappa shape index (κ2) is 7.34. The van der Waals surface area contributed by atoms with Gasteiger partial charge in [0.2, 0.25) is 0 Å². The molecule has 0 amide bonds. The number of quaternary nitrogens is 1. The zero-order chi connectivity index (χ0) is 18.0. The monoisotopic (exact) mass is 356 g/mol. The summed E-state index contributed by atoms with van der Waals surface area (Å²) >= 11 is 0. The van der Waals surface area contributed by atoms with E-state index in [1.54, 1.807) is 0 Å². The van der Waals surface area contributed by atoms with Crippen LogP contribution in [0.4, 0.5) is 0 Å². The van der Waals surface area contributed by atoms with E-state index in [9.17, 15) is 4.79 Å². The molecular formula is C23H34NO2+. The summed E-state index contributed by atoms with van der Waals surface area (Å²) < 4.78 is 7.28. The van der Waals surface area contributed by atoms with E-state index in [-0.39, 0.29) is 11.4 Å². The lowest BCUT2D eigenvalue weighted by Crippen LogP contribution is -2.61. The first-order valence-electron chi connectivity index (χ1n) is 10.7. The summed E-state index contributed by atoms with van der Waals surface area (Å²) in [6.07, 6.45) is 10.7. The van der Waals surface area contributed by atoms with Crippen LogP contribution in [0.25, 0.3) is 0 Å². The third kappa shape index (κ3) is 3.19. The Kier molecular flexibility index (Phi) is 5.09. The fourth-order valence-electron chi connectivity index (χ4n) is 6.10. The standard InChI is InChI=1S/C23H34NO2/c1-24-16-8-5-13-21(24)19(10-9-17-24)18-26-22(25)23(14-6-7-15-23)20-11-3-2-4-12-20/h2-4,11-12,19,21H,5-10,13-18H2,1H3/q+1/t19-,21+,24+/m0/s1. The fraction of sp³-hybridized carbons (Fsp3) is 0.696. The van der Waals surface area contributed by atoms with Crippen molar-refractivity contribution in [1.29, 1.82) is 0 Å². The van der Waals surface area contributed by atoms with Crippen LogP contribution in [0.2, 0.25) is 0 Å². The van der Waals surface area contributed by atoms with Gasteiger partial charge in [0.25, 0.3) is 0 Å². The van der Waals surface area contributed by atoms with E-state index in [4.69, 9.17) is 4.74 Å². The average molecular weight is 357 g/mol. The minimum Gasteiger partial charge on any atom is -0.464 e. The van der Waals surface area contributed by atoms with E-state index in [1.807, 2.05) is 6.07 Å². The summed E-state index contributed by atoms with van der Waals surface area (Å²) in [5.41, 5.74) is 0.769. The second-order valence-corrected chi connectivity index (χ2v) is 9.15. The molecule has 0 aromatic heterocycles. The maximum atomic E-state index is 13.2. The molecule has 3 fully saturated rings. The zero-order valence-corrected chi connectivity index (χ0v) is 16.3. The van der Waals surface area contributed by atoms with Gasteiger partial charge in [0.1, 0.15) is 0 Å². The molecule has 1 aliphatic carbocycles. The summed E-state index contributed by atoms with van der Waals surface area (Å²) in [6.45, 7) is 3.25. The van der Waals surface area contributed by atoms with Crippen LogP contribution in [0.5, 0.6) is 0 Å². The van der Waals surface area contributed by atoms with E-state index in [0.29, 0.717) is 18.6 Å². The largest absolute Gasteiger partial charge is 0.464 e. The summed E-state index contributed by atoms with van der Waals surface area (Å²) in [7, 11) is 2.43. The van der Waals surface area contributed by atoms with Crippen LogP contribution in [-0.2, 0) is 14.9 Å². The lowest BCUT2D eigenvalue weighted by Gasteiger charge is -2.51. The highest BCUT2D eigenvalue weighted by Crippen LogP contribution is 2.43. The number of fused-ring (bicyclic) bond motifs is 1. The molecule has 2 saturated heterocycles. The van der Waals surface area contributed by atoms with Gasteiger partial charge in [0, 0.05) is 12.3 Å². The first-order chi connectivity index (χ1) is 12.6. The minimum absolute atomic E-state index is 0.0387. The lowest BCUT2D eigenvalue weighted by molar-refractivity contribution is -0.947. The Bertz CT molecular complexity index is 618. The van der Waals surface area contributed by atoms with E-state index < -0.39 is 0 Å². The average Bonchev–Trinajstić information content (AvgIpc) is 3.17. The number of hydrogen-bond acceptors (Lipinski definition) is 2. The molecule has 3 aliphatic rings. The molecule has 142 valence electrons. The first kappa shape index (κ1) is 18.0. The lowest BCUT2D eigenvalue weighted by atomic mass is 9.78. The first-order valence-corrected chi connectivity index (χ1v) is 10.7. The van der Waals surface area contributed by atoms with Gasteiger partial charge < -0.3 is 9.22 Å². The predicted molar refractivity (Wildman–Crippen MR) is 104 cm³/mol. The van der Waals surface area contributed by atoms with Crippen molar-refractivity contribution in [2.45, 2.75) is 69.2 Å². The van der Waals surface area contributed by atoms with Gasteiger partial charge in [-0.15, -0.1) is 0 Å². The van der Waals surface area contributed by atoms with Gasteiger partial charge in [-0.2, -0.15) is 0 Å². The van der Waals surface area contributed by atoms with Gasteiger partial charge in [-0.25, -0.2) is 0 Å². The molecule has 1 saturated carbocycles. The summed E-state index contributed by atoms with van der Waals surface area (Å²) in [6, 6.07) is 11.1. The van der Waals surface area contributed by atoms with Crippen molar-refractivity contribution < 1.29 is 14.0 Å². The van der Waals surface area contributed by atoms with E-state index in [2.05, 4.69) is 31.3 Å². The summed E-state index contributed by atoms with van der Waals surface area (Å²) in [5.74, 6) is 0.587. The van der Waals surface area contributed by atoms with Crippen LogP contribution in [0, 0.1) is 5.92 Å². The summed E-state index contributed by atoms with van der Waals surface area (Å²) in [4.78, 5) is 13.2. The van der Waals surface area contributed by atoms with Gasteiger partial charge in [-0.3, -0.25) is 4.79 Å². The number of carbonyl (C=O) groups excluding carboxylic acids is 1. The maximum Gasteiger partial charge on any atom is 0.316 e. The maximum absolute atomic E-state index is 13.2. The molecule has 1 aromatic rings. The third-order valence-electron chi connectivity index (χ3n) is 7.61. The SMILES string of the molecule is C[N@+]12CCCC[C@@H]1[C@H](COC(=O)C1(c3ccccc3)CCCC1)CCC2. The molecular weight excluding hydrogens is 322 g/mol. The number of ether oxygens (including phenoxy) is 1. The number of benzene rings is 1. The van der Waals surface area contributed by atoms with Gasteiger partial charge in [0.05, 0.1) is 38.2 Å². The molecule has 0 N–H and O–H groups in total. The Hall–Kier alpha value is -1.35. The predicted octanol–water partition coefficient (Wildman–Crippen LogP) is 4.45. The van der Waals surface area contributed by atoms with Crippen molar-refractivity contribution in [3.05, 3.63) is 35.9 Å². The van der Waals surface area contributed by atoms with Crippen LogP contribution in [-0.4, -0.2) is 43.2 Å². The molecule has 4 rings (SSSR count). The van der Waals surface area contributed by atoms with Crippen molar-refractivity contribution in [3.63, 3.8) is 0 Å². The van der Waals surface area contributed by atoms with Gasteiger partial charge in [-0.1, -0.05) is 43.2 Å². The third-order valence-corrected chi connectivity index (χ3v) is 7.61. The van der Waals surface area contributed by atoms with Gasteiger partial charge in [0.15, 0.2) is 0 Å². The molecule has 3 heteroatoms. The van der Waals surface area contributed by atoms with E-state index >= 15 is 0 Å². The van der Waals surface area contributed by atoms with Crippen LogP contribution in [0.15, 0.2) is 30.3 Å². The van der Waals surface area contributed by atoms with Crippen LogP contribution >= 0.6 is 0 Å². The molecule has 0 radical (unpaired) electrons. The molecule has 0 unspecified atom stereocenters. The van der Waals surface area contributed by atoms with Crippen molar-refractivity contribution in [2.75, 3.05) is 26.7 Å². The molecule has 1 aromatic carbocycles. The highest BCUT2D eigenvalue weighted by atomic mass is 16.5. The van der Waals surface area contributed by atoms with Crippen LogP contribution < -0.4 is 0 Å². The number of nitrogens with zero attached hydrogens (tertiary/aromatic N) is 1.